The first-order chi connectivity index (χ1) is 15.0. The Hall–Kier alpha value is -1.21. The second kappa shape index (κ2) is 8.86. The number of piperidine rings is 1. The van der Waals surface area contributed by atoms with Crippen LogP contribution in [0, 0.1) is 23.4 Å². The van der Waals surface area contributed by atoms with Gasteiger partial charge in [-0.25, -0.2) is 34.7 Å². The van der Waals surface area contributed by atoms with Gasteiger partial charge in [0.2, 0.25) is 20.0 Å². The molecule has 0 aromatic heterocycles. The molecule has 0 spiro atoms. The first kappa shape index (κ1) is 23.9. The third kappa shape index (κ3) is 4.98. The lowest BCUT2D eigenvalue weighted by atomic mass is 9.83. The number of benzene rings is 1. The Bertz CT molecular complexity index is 1070. The molecular formula is C20H28F3N3O4S2. The highest BCUT2D eigenvalue weighted by molar-refractivity contribution is 7.90. The molecule has 4 rings (SSSR count). The molecule has 3 fully saturated rings. The minimum absolute atomic E-state index is 0.00162. The smallest absolute Gasteiger partial charge is 0.215 e. The predicted molar refractivity (Wildman–Crippen MR) is 113 cm³/mol. The van der Waals surface area contributed by atoms with Gasteiger partial charge in [0, 0.05) is 30.7 Å². The van der Waals surface area contributed by atoms with E-state index in [4.69, 9.17) is 5.73 Å². The highest BCUT2D eigenvalue weighted by Crippen LogP contribution is 2.42. The first-order valence-electron chi connectivity index (χ1n) is 10.9. The SMILES string of the molecule is NC(Cc1cc(F)c(F)cc1F)C1CC2CCC(C1)N2S(=O)(=O)CCNS(=O)(=O)C1CC1. The Morgan fingerprint density at radius 3 is 2.16 bits per heavy atom. The number of nitrogens with one attached hydrogen (secondary N) is 1. The van der Waals surface area contributed by atoms with Crippen LogP contribution in [-0.2, 0) is 26.5 Å². The Kier molecular flexibility index (Phi) is 6.63. The summed E-state index contributed by atoms with van der Waals surface area (Å²) in [4.78, 5) is 0. The molecule has 32 heavy (non-hydrogen) atoms. The zero-order valence-electron chi connectivity index (χ0n) is 17.5. The van der Waals surface area contributed by atoms with Crippen molar-refractivity contribution >= 4 is 20.0 Å². The Morgan fingerprint density at radius 1 is 0.969 bits per heavy atom. The number of sulfonamides is 2. The lowest BCUT2D eigenvalue weighted by molar-refractivity contribution is 0.170. The second-order valence-electron chi connectivity index (χ2n) is 9.13. The number of hydrogen-bond acceptors (Lipinski definition) is 5. The van der Waals surface area contributed by atoms with Gasteiger partial charge < -0.3 is 5.73 Å². The van der Waals surface area contributed by atoms with Crippen molar-refractivity contribution in [3.05, 3.63) is 35.1 Å². The van der Waals surface area contributed by atoms with Gasteiger partial charge in [0.1, 0.15) is 5.82 Å². The van der Waals surface area contributed by atoms with E-state index in [0.717, 1.165) is 6.07 Å². The van der Waals surface area contributed by atoms with Crippen LogP contribution in [0.1, 0.15) is 44.1 Å². The van der Waals surface area contributed by atoms with Gasteiger partial charge in [0.05, 0.1) is 11.0 Å². The molecule has 7 nitrogen and oxygen atoms in total. The van der Waals surface area contributed by atoms with Crippen LogP contribution in [0.25, 0.3) is 0 Å². The standard InChI is InChI=1S/C20H28F3N3O4S2/c21-17-11-19(23)18(22)9-12(17)10-20(24)13-7-14-1-2-15(8-13)26(14)31(27,28)6-5-25-32(29,30)16-3-4-16/h9,11,13-16,20,25H,1-8,10,24H2. The van der Waals surface area contributed by atoms with E-state index in [9.17, 15) is 30.0 Å². The summed E-state index contributed by atoms with van der Waals surface area (Å²) in [5.41, 5.74) is 6.28. The van der Waals surface area contributed by atoms with Crippen molar-refractivity contribution in [2.75, 3.05) is 12.3 Å². The fourth-order valence-corrected chi connectivity index (χ4v) is 8.41. The van der Waals surface area contributed by atoms with Crippen molar-refractivity contribution < 1.29 is 30.0 Å². The number of nitrogens with zero attached hydrogens (tertiary/aromatic N) is 1. The van der Waals surface area contributed by atoms with Gasteiger partial charge in [-0.1, -0.05) is 0 Å². The van der Waals surface area contributed by atoms with Gasteiger partial charge in [0.25, 0.3) is 0 Å². The zero-order chi connectivity index (χ0) is 23.3. The molecule has 2 heterocycles. The van der Waals surface area contributed by atoms with E-state index in [0.29, 0.717) is 44.6 Å². The maximum atomic E-state index is 14.0. The molecule has 1 aromatic carbocycles. The van der Waals surface area contributed by atoms with Crippen molar-refractivity contribution in [2.24, 2.45) is 11.7 Å². The van der Waals surface area contributed by atoms with Crippen LogP contribution in [0.4, 0.5) is 13.2 Å². The molecule has 12 heteroatoms. The summed E-state index contributed by atoms with van der Waals surface area (Å²) in [6.07, 6.45) is 3.60. The molecule has 2 bridgehead atoms. The highest BCUT2D eigenvalue weighted by Gasteiger charge is 2.47. The van der Waals surface area contributed by atoms with Crippen LogP contribution in [0.15, 0.2) is 12.1 Å². The maximum Gasteiger partial charge on any atom is 0.215 e. The molecule has 3 unspecified atom stereocenters. The molecule has 3 atom stereocenters. The molecule has 1 aliphatic carbocycles. The summed E-state index contributed by atoms with van der Waals surface area (Å²) in [5.74, 6) is -3.62. The number of hydrogen-bond donors (Lipinski definition) is 2. The molecule has 2 saturated heterocycles. The Balaban J connectivity index is 1.37. The van der Waals surface area contributed by atoms with E-state index in [1.54, 1.807) is 0 Å². The van der Waals surface area contributed by atoms with Crippen LogP contribution in [0.3, 0.4) is 0 Å². The Labute approximate surface area is 186 Å². The van der Waals surface area contributed by atoms with Gasteiger partial charge in [-0.15, -0.1) is 0 Å². The van der Waals surface area contributed by atoms with E-state index in [1.807, 2.05) is 0 Å². The predicted octanol–water partition coefficient (Wildman–Crippen LogP) is 1.63. The molecular weight excluding hydrogens is 467 g/mol. The summed E-state index contributed by atoms with van der Waals surface area (Å²) in [6, 6.07) is 0.316. The summed E-state index contributed by atoms with van der Waals surface area (Å²) in [5, 5.41) is -0.405. The summed E-state index contributed by atoms with van der Waals surface area (Å²) in [6.45, 7) is -0.157. The fourth-order valence-electron chi connectivity index (χ4n) is 5.04. The van der Waals surface area contributed by atoms with E-state index in [-0.39, 0.29) is 42.3 Å². The Morgan fingerprint density at radius 2 is 1.56 bits per heavy atom. The van der Waals surface area contributed by atoms with Gasteiger partial charge in [-0.3, -0.25) is 0 Å². The monoisotopic (exact) mass is 495 g/mol. The largest absolute Gasteiger partial charge is 0.327 e. The molecule has 0 radical (unpaired) electrons. The molecule has 2 aliphatic heterocycles. The van der Waals surface area contributed by atoms with E-state index < -0.39 is 48.8 Å². The fraction of sp³-hybridized carbons (Fsp3) is 0.700. The van der Waals surface area contributed by atoms with E-state index in [1.165, 1.54) is 4.31 Å². The minimum atomic E-state index is -3.66. The van der Waals surface area contributed by atoms with Crippen molar-refractivity contribution in [3.63, 3.8) is 0 Å². The van der Waals surface area contributed by atoms with E-state index >= 15 is 0 Å². The highest BCUT2D eigenvalue weighted by atomic mass is 32.2. The van der Waals surface area contributed by atoms with Crippen molar-refractivity contribution in [2.45, 2.75) is 68.3 Å². The quantitative estimate of drug-likeness (QED) is 0.506. The molecule has 1 saturated carbocycles. The molecule has 3 aliphatic rings. The lowest BCUT2D eigenvalue weighted by Crippen LogP contribution is -2.51. The molecule has 0 amide bonds. The second-order valence-corrected chi connectivity index (χ2v) is 13.2. The molecule has 180 valence electrons. The van der Waals surface area contributed by atoms with Crippen LogP contribution < -0.4 is 10.5 Å². The average Bonchev–Trinajstić information content (AvgIpc) is 3.52. The van der Waals surface area contributed by atoms with Crippen LogP contribution >= 0.6 is 0 Å². The topological polar surface area (TPSA) is 110 Å². The third-order valence-electron chi connectivity index (χ3n) is 6.80. The van der Waals surface area contributed by atoms with Crippen LogP contribution in [-0.4, -0.2) is 56.8 Å². The third-order valence-corrected chi connectivity index (χ3v) is 10.7. The van der Waals surface area contributed by atoms with Crippen LogP contribution in [0.2, 0.25) is 0 Å². The maximum absolute atomic E-state index is 14.0. The van der Waals surface area contributed by atoms with Gasteiger partial charge in [0.15, 0.2) is 11.6 Å². The summed E-state index contributed by atoms with van der Waals surface area (Å²) in [7, 11) is -7.10. The number of rotatable bonds is 9. The summed E-state index contributed by atoms with van der Waals surface area (Å²) < 4.78 is 94.3. The van der Waals surface area contributed by atoms with Crippen LogP contribution in [0.5, 0.6) is 0 Å². The van der Waals surface area contributed by atoms with Crippen molar-refractivity contribution in [3.8, 4) is 0 Å². The van der Waals surface area contributed by atoms with E-state index in [2.05, 4.69) is 4.72 Å². The number of fused-ring (bicyclic) bond motifs is 2. The van der Waals surface area contributed by atoms with Gasteiger partial charge in [-0.05, 0) is 62.5 Å². The first-order valence-corrected chi connectivity index (χ1v) is 14.0. The van der Waals surface area contributed by atoms with Gasteiger partial charge >= 0.3 is 0 Å². The number of halogens is 3. The minimum Gasteiger partial charge on any atom is -0.327 e. The summed E-state index contributed by atoms with van der Waals surface area (Å²) >= 11 is 0. The normalized spacial score (nSPS) is 27.6. The lowest BCUT2D eigenvalue weighted by Gasteiger charge is -2.40. The van der Waals surface area contributed by atoms with Crippen molar-refractivity contribution in [1.29, 1.82) is 0 Å². The molecule has 1 aromatic rings. The van der Waals surface area contributed by atoms with Crippen molar-refractivity contribution in [1.82, 2.24) is 9.03 Å². The average molecular weight is 496 g/mol. The molecule has 3 N–H and O–H groups in total. The van der Waals surface area contributed by atoms with Gasteiger partial charge in [-0.2, -0.15) is 4.31 Å². The zero-order valence-corrected chi connectivity index (χ0v) is 19.1. The number of nitrogens with two attached hydrogens (primary N) is 1.